The quantitative estimate of drug-likeness (QED) is 0.723. The lowest BCUT2D eigenvalue weighted by molar-refractivity contribution is -0.148. The Morgan fingerprint density at radius 2 is 2.05 bits per heavy atom. The molecule has 2 rings (SSSR count). The van der Waals surface area contributed by atoms with Crippen LogP contribution in [0.3, 0.4) is 0 Å². The largest absolute Gasteiger partial charge is 0.493 e. The smallest absolute Gasteiger partial charge is 0.312 e. The van der Waals surface area contributed by atoms with Gasteiger partial charge in [0, 0.05) is 6.54 Å². The van der Waals surface area contributed by atoms with Crippen LogP contribution < -0.4 is 9.47 Å². The van der Waals surface area contributed by atoms with E-state index in [9.17, 15) is 4.79 Å². The first kappa shape index (κ1) is 16.6. The minimum atomic E-state index is -0.244. The summed E-state index contributed by atoms with van der Waals surface area (Å²) in [5.74, 6) is 1.17. The molecule has 1 aromatic rings. The Bertz CT molecular complexity index is 491. The molecule has 1 aliphatic rings. The summed E-state index contributed by atoms with van der Waals surface area (Å²) in [7, 11) is 3.04. The molecule has 1 aliphatic heterocycles. The van der Waals surface area contributed by atoms with Gasteiger partial charge in [0.25, 0.3) is 0 Å². The number of methoxy groups -OCH3 is 2. The minimum absolute atomic E-state index is 0.196. The van der Waals surface area contributed by atoms with Crippen LogP contribution in [0.1, 0.15) is 13.3 Å². The number of nitrogens with zero attached hydrogens (tertiary/aromatic N) is 1. The van der Waals surface area contributed by atoms with Crippen LogP contribution in [-0.2, 0) is 9.53 Å². The zero-order valence-corrected chi connectivity index (χ0v) is 13.6. The summed E-state index contributed by atoms with van der Waals surface area (Å²) in [6.07, 6.45) is 1.00. The predicted octanol–water partition coefficient (Wildman–Crippen LogP) is 2.21. The fourth-order valence-corrected chi connectivity index (χ4v) is 2.94. The summed E-state index contributed by atoms with van der Waals surface area (Å²) in [5.41, 5.74) is 0. The van der Waals surface area contributed by atoms with Crippen LogP contribution in [0.25, 0.3) is 0 Å². The van der Waals surface area contributed by atoms with Gasteiger partial charge in [-0.2, -0.15) is 0 Å². The van der Waals surface area contributed by atoms with E-state index in [0.717, 1.165) is 26.1 Å². The van der Waals surface area contributed by atoms with Crippen molar-refractivity contribution in [2.24, 2.45) is 11.8 Å². The minimum Gasteiger partial charge on any atom is -0.493 e. The number of ether oxygens (including phenoxy) is 3. The highest BCUT2D eigenvalue weighted by Crippen LogP contribution is 2.29. The monoisotopic (exact) mass is 307 g/mol. The van der Waals surface area contributed by atoms with Crippen LogP contribution >= 0.6 is 0 Å². The molecule has 0 radical (unpaired) electrons. The zero-order valence-electron chi connectivity index (χ0n) is 13.6. The molecule has 0 saturated carbocycles. The summed E-state index contributed by atoms with van der Waals surface area (Å²) in [5, 5.41) is 0. The summed E-state index contributed by atoms with van der Waals surface area (Å²) in [4.78, 5) is 14.5. The highest BCUT2D eigenvalue weighted by molar-refractivity contribution is 5.73. The molecule has 5 heteroatoms. The van der Waals surface area contributed by atoms with Gasteiger partial charge in [0.05, 0.1) is 20.1 Å². The van der Waals surface area contributed by atoms with Gasteiger partial charge in [0.1, 0.15) is 6.61 Å². The average Bonchev–Trinajstić information content (AvgIpc) is 3.04. The van der Waals surface area contributed by atoms with Crippen molar-refractivity contribution in [2.45, 2.75) is 13.3 Å². The van der Waals surface area contributed by atoms with E-state index in [1.807, 2.05) is 24.3 Å². The summed E-state index contributed by atoms with van der Waals surface area (Å²) in [6.45, 7) is 5.42. The zero-order chi connectivity index (χ0) is 15.9. The molecule has 0 bridgehead atoms. The number of hydrogen-bond donors (Lipinski definition) is 0. The van der Waals surface area contributed by atoms with E-state index < -0.39 is 0 Å². The fourth-order valence-electron chi connectivity index (χ4n) is 2.94. The predicted molar refractivity (Wildman–Crippen MR) is 84.2 cm³/mol. The lowest BCUT2D eigenvalue weighted by Gasteiger charge is -2.22. The topological polar surface area (TPSA) is 48.0 Å². The molecule has 1 aromatic carbocycles. The number of carbonyl (C=O) groups is 1. The van der Waals surface area contributed by atoms with Crippen molar-refractivity contribution in [1.82, 2.24) is 4.90 Å². The average molecular weight is 307 g/mol. The molecular formula is C17H25NO4. The van der Waals surface area contributed by atoms with Crippen molar-refractivity contribution >= 4 is 5.97 Å². The van der Waals surface area contributed by atoms with Gasteiger partial charge in [-0.3, -0.25) is 4.79 Å². The molecule has 0 aromatic heterocycles. The maximum absolute atomic E-state index is 12.1. The second-order valence-corrected chi connectivity index (χ2v) is 5.53. The van der Waals surface area contributed by atoms with Crippen LogP contribution in [0.15, 0.2) is 24.3 Å². The van der Waals surface area contributed by atoms with Crippen LogP contribution in [0.2, 0.25) is 0 Å². The van der Waals surface area contributed by atoms with E-state index in [1.54, 1.807) is 7.11 Å². The molecule has 1 fully saturated rings. The summed E-state index contributed by atoms with van der Waals surface area (Å²) < 4.78 is 16.1. The first-order valence-electron chi connectivity index (χ1n) is 7.75. The first-order chi connectivity index (χ1) is 10.7. The molecule has 0 aliphatic carbocycles. The van der Waals surface area contributed by atoms with E-state index in [4.69, 9.17) is 14.2 Å². The molecule has 1 heterocycles. The van der Waals surface area contributed by atoms with Gasteiger partial charge in [-0.25, -0.2) is 0 Å². The third-order valence-corrected chi connectivity index (χ3v) is 4.32. The van der Waals surface area contributed by atoms with Crippen molar-refractivity contribution in [1.29, 1.82) is 0 Å². The lowest BCUT2D eigenvalue weighted by Crippen LogP contribution is -2.32. The van der Waals surface area contributed by atoms with Crippen molar-refractivity contribution in [3.63, 3.8) is 0 Å². The van der Waals surface area contributed by atoms with E-state index >= 15 is 0 Å². The van der Waals surface area contributed by atoms with E-state index in [-0.39, 0.29) is 17.8 Å². The van der Waals surface area contributed by atoms with Gasteiger partial charge in [0.15, 0.2) is 11.5 Å². The number of benzene rings is 1. The molecule has 122 valence electrons. The molecule has 0 N–H and O–H groups in total. The molecule has 2 unspecified atom stereocenters. The number of para-hydroxylation sites is 2. The summed E-state index contributed by atoms with van der Waals surface area (Å²) >= 11 is 0. The molecule has 2 atom stereocenters. The van der Waals surface area contributed by atoms with Crippen LogP contribution in [0.5, 0.6) is 11.5 Å². The Morgan fingerprint density at radius 1 is 1.32 bits per heavy atom. The molecule has 1 saturated heterocycles. The van der Waals surface area contributed by atoms with Gasteiger partial charge in [0.2, 0.25) is 0 Å². The van der Waals surface area contributed by atoms with Crippen LogP contribution in [-0.4, -0.2) is 51.3 Å². The molecular weight excluding hydrogens is 282 g/mol. The Hall–Kier alpha value is -1.75. The fraction of sp³-hybridized carbons (Fsp3) is 0.588. The van der Waals surface area contributed by atoms with Gasteiger partial charge in [-0.05, 0) is 37.6 Å². The van der Waals surface area contributed by atoms with E-state index in [2.05, 4.69) is 11.8 Å². The number of rotatable bonds is 7. The standard InChI is InChI=1S/C17H25NO4/c1-4-18-10-9-13(11-18)14(17(19)21-3)12-22-16-8-6-5-7-15(16)20-2/h5-8,13-14H,4,9-12H2,1-3H3. The van der Waals surface area contributed by atoms with Gasteiger partial charge >= 0.3 is 5.97 Å². The third-order valence-electron chi connectivity index (χ3n) is 4.32. The molecule has 0 spiro atoms. The Labute approximate surface area is 132 Å². The number of hydrogen-bond acceptors (Lipinski definition) is 5. The third kappa shape index (κ3) is 3.91. The van der Waals surface area contributed by atoms with Crippen LogP contribution in [0, 0.1) is 11.8 Å². The van der Waals surface area contributed by atoms with Gasteiger partial charge in [-0.15, -0.1) is 0 Å². The normalized spacial score (nSPS) is 19.7. The number of carbonyl (C=O) groups excluding carboxylic acids is 1. The first-order valence-corrected chi connectivity index (χ1v) is 7.75. The van der Waals surface area contributed by atoms with Crippen molar-refractivity contribution in [2.75, 3.05) is 40.5 Å². The molecule has 5 nitrogen and oxygen atoms in total. The highest BCUT2D eigenvalue weighted by Gasteiger charge is 2.34. The van der Waals surface area contributed by atoms with Gasteiger partial charge in [-0.1, -0.05) is 19.1 Å². The maximum atomic E-state index is 12.1. The van der Waals surface area contributed by atoms with Crippen molar-refractivity contribution < 1.29 is 19.0 Å². The van der Waals surface area contributed by atoms with Crippen molar-refractivity contribution in [3.8, 4) is 11.5 Å². The Balaban J connectivity index is 2.03. The van der Waals surface area contributed by atoms with Gasteiger partial charge < -0.3 is 19.1 Å². The Kier molecular flexibility index (Phi) is 6.07. The van der Waals surface area contributed by atoms with Crippen molar-refractivity contribution in [3.05, 3.63) is 24.3 Å². The SMILES string of the molecule is CCN1CCC(C(COc2ccccc2OC)C(=O)OC)C1. The number of esters is 1. The second-order valence-electron chi connectivity index (χ2n) is 5.53. The maximum Gasteiger partial charge on any atom is 0.312 e. The second kappa shape index (κ2) is 8.03. The summed E-state index contributed by atoms with van der Waals surface area (Å²) in [6, 6.07) is 7.47. The molecule has 22 heavy (non-hydrogen) atoms. The van der Waals surface area contributed by atoms with E-state index in [1.165, 1.54) is 7.11 Å². The molecule has 0 amide bonds. The Morgan fingerprint density at radius 3 is 2.64 bits per heavy atom. The van der Waals surface area contributed by atoms with Crippen LogP contribution in [0.4, 0.5) is 0 Å². The van der Waals surface area contributed by atoms with E-state index in [0.29, 0.717) is 18.1 Å². The lowest BCUT2D eigenvalue weighted by atomic mass is 9.92. The highest BCUT2D eigenvalue weighted by atomic mass is 16.5. The number of likely N-dealkylation sites (tertiary alicyclic amines) is 1.